The smallest absolute Gasteiger partial charge is 0.303 e. The van der Waals surface area contributed by atoms with E-state index in [0.717, 1.165) is 34.6 Å². The Bertz CT molecular complexity index is 597. The summed E-state index contributed by atoms with van der Waals surface area (Å²) in [5, 5.41) is 0. The quantitative estimate of drug-likeness (QED) is 0.278. The fourth-order valence-corrected chi connectivity index (χ4v) is 2.33. The Labute approximate surface area is 163 Å². The van der Waals surface area contributed by atoms with Crippen LogP contribution in [0.15, 0.2) is 12.7 Å². The summed E-state index contributed by atoms with van der Waals surface area (Å²) < 4.78 is 25.6. The molecule has 0 aliphatic carbocycles. The molecule has 0 amide bonds. The van der Waals surface area contributed by atoms with E-state index in [4.69, 9.17) is 23.7 Å². The molecule has 0 aromatic rings. The number of ether oxygens (including phenoxy) is 5. The Morgan fingerprint density at radius 1 is 0.679 bits per heavy atom. The second-order valence-corrected chi connectivity index (χ2v) is 5.77. The van der Waals surface area contributed by atoms with Gasteiger partial charge in [0.2, 0.25) is 0 Å². The van der Waals surface area contributed by atoms with Crippen LogP contribution in [0, 0.1) is 0 Å². The highest BCUT2D eigenvalue weighted by atomic mass is 16.6. The number of esters is 5. The van der Waals surface area contributed by atoms with Gasteiger partial charge >= 0.3 is 29.8 Å². The van der Waals surface area contributed by atoms with Crippen molar-refractivity contribution in [3.63, 3.8) is 0 Å². The Morgan fingerprint density at radius 3 is 1.43 bits per heavy atom. The van der Waals surface area contributed by atoms with E-state index in [9.17, 15) is 24.0 Å². The van der Waals surface area contributed by atoms with Crippen LogP contribution in [-0.2, 0) is 47.7 Å². The minimum Gasteiger partial charge on any atom is -0.462 e. The number of carbonyl (C=O) groups is 5. The summed E-state index contributed by atoms with van der Waals surface area (Å²) in [5.74, 6) is -3.68. The monoisotopic (exact) mass is 402 g/mol. The summed E-state index contributed by atoms with van der Waals surface area (Å²) >= 11 is 0. The van der Waals surface area contributed by atoms with Crippen LogP contribution in [0.2, 0.25) is 0 Å². The van der Waals surface area contributed by atoms with Crippen molar-refractivity contribution in [2.24, 2.45) is 0 Å². The molecule has 28 heavy (non-hydrogen) atoms. The van der Waals surface area contributed by atoms with Crippen molar-refractivity contribution < 1.29 is 47.7 Å². The minimum atomic E-state index is -1.42. The molecule has 0 N–H and O–H groups in total. The first-order valence-corrected chi connectivity index (χ1v) is 8.41. The summed E-state index contributed by atoms with van der Waals surface area (Å²) in [6.45, 7) is 8.63. The summed E-state index contributed by atoms with van der Waals surface area (Å²) in [5.41, 5.74) is 0. The molecule has 0 saturated heterocycles. The highest BCUT2D eigenvalue weighted by Gasteiger charge is 2.43. The van der Waals surface area contributed by atoms with E-state index in [0.29, 0.717) is 0 Å². The summed E-state index contributed by atoms with van der Waals surface area (Å²) in [6.07, 6.45) is -3.76. The molecule has 0 aliphatic rings. The zero-order chi connectivity index (χ0) is 21.9. The van der Waals surface area contributed by atoms with Gasteiger partial charge in [0, 0.05) is 41.0 Å². The molecule has 0 fully saturated rings. The molecule has 0 heterocycles. The third-order valence-electron chi connectivity index (χ3n) is 3.15. The van der Waals surface area contributed by atoms with E-state index >= 15 is 0 Å². The fourth-order valence-electron chi connectivity index (χ4n) is 2.33. The number of hydrogen-bond acceptors (Lipinski definition) is 10. The van der Waals surface area contributed by atoms with Crippen LogP contribution in [0.5, 0.6) is 0 Å². The normalized spacial score (nSPS) is 14.5. The van der Waals surface area contributed by atoms with Gasteiger partial charge in [-0.3, -0.25) is 24.0 Å². The van der Waals surface area contributed by atoms with Gasteiger partial charge in [-0.15, -0.1) is 6.58 Å². The molecule has 0 aliphatic heterocycles. The Hall–Kier alpha value is -2.91. The molecular weight excluding hydrogens is 376 g/mol. The SMILES string of the molecule is C=CC[C@@H](OC(C)=O)[C@H](OC(C)=O)[C@@H](OC(C)=O)[C@@H](COC(C)=O)OC(C)=O. The first-order chi connectivity index (χ1) is 13.0. The molecule has 0 rings (SSSR count). The van der Waals surface area contributed by atoms with Gasteiger partial charge in [0.05, 0.1) is 0 Å². The molecule has 0 saturated carbocycles. The Morgan fingerprint density at radius 2 is 1.07 bits per heavy atom. The molecule has 0 aromatic carbocycles. The first-order valence-electron chi connectivity index (χ1n) is 8.41. The highest BCUT2D eigenvalue weighted by Crippen LogP contribution is 2.22. The Balaban J connectivity index is 6.09. The molecule has 10 nitrogen and oxygen atoms in total. The van der Waals surface area contributed by atoms with Crippen LogP contribution in [0.4, 0.5) is 0 Å². The van der Waals surface area contributed by atoms with Crippen molar-refractivity contribution in [3.8, 4) is 0 Å². The maximum absolute atomic E-state index is 11.6. The van der Waals surface area contributed by atoms with E-state index in [1.807, 2.05) is 0 Å². The van der Waals surface area contributed by atoms with E-state index in [1.54, 1.807) is 0 Å². The summed E-state index contributed by atoms with van der Waals surface area (Å²) in [7, 11) is 0. The maximum atomic E-state index is 11.6. The van der Waals surface area contributed by atoms with Crippen LogP contribution >= 0.6 is 0 Å². The van der Waals surface area contributed by atoms with Gasteiger partial charge < -0.3 is 23.7 Å². The average molecular weight is 402 g/mol. The van der Waals surface area contributed by atoms with Gasteiger partial charge in [0.1, 0.15) is 12.7 Å². The summed E-state index contributed by atoms with van der Waals surface area (Å²) in [6, 6.07) is 0. The number of rotatable bonds is 11. The molecule has 4 atom stereocenters. The highest BCUT2D eigenvalue weighted by molar-refractivity contribution is 5.69. The van der Waals surface area contributed by atoms with Crippen molar-refractivity contribution in [2.75, 3.05) is 6.61 Å². The number of hydrogen-bond donors (Lipinski definition) is 0. The fraction of sp³-hybridized carbons (Fsp3) is 0.611. The molecule has 0 radical (unpaired) electrons. The van der Waals surface area contributed by atoms with Crippen molar-refractivity contribution in [1.82, 2.24) is 0 Å². The van der Waals surface area contributed by atoms with Gasteiger partial charge in [-0.2, -0.15) is 0 Å². The van der Waals surface area contributed by atoms with Crippen LogP contribution in [0.3, 0.4) is 0 Å². The van der Waals surface area contributed by atoms with E-state index < -0.39 is 60.9 Å². The number of carbonyl (C=O) groups excluding carboxylic acids is 5. The maximum Gasteiger partial charge on any atom is 0.303 e. The van der Waals surface area contributed by atoms with Crippen molar-refractivity contribution >= 4 is 29.8 Å². The molecule has 0 unspecified atom stereocenters. The molecule has 0 bridgehead atoms. The lowest BCUT2D eigenvalue weighted by Gasteiger charge is -2.35. The zero-order valence-electron chi connectivity index (χ0n) is 16.6. The van der Waals surface area contributed by atoms with Gasteiger partial charge in [-0.05, 0) is 0 Å². The molecular formula is C18H26O10. The van der Waals surface area contributed by atoms with Crippen molar-refractivity contribution in [3.05, 3.63) is 12.7 Å². The standard InChI is InChI=1S/C18H26O10/c1-7-8-15(25-11(3)20)17(27-13(5)22)18(28-14(6)23)16(26-12(4)21)9-24-10(2)19/h7,15-18H,1,8-9H2,2-6H3/t15-,16-,17+,18+/m1/s1. The lowest BCUT2D eigenvalue weighted by molar-refractivity contribution is -0.202. The lowest BCUT2D eigenvalue weighted by atomic mass is 9.99. The second-order valence-electron chi connectivity index (χ2n) is 5.77. The van der Waals surface area contributed by atoms with E-state index in [2.05, 4.69) is 6.58 Å². The molecule has 10 heteroatoms. The second kappa shape index (κ2) is 12.5. The van der Waals surface area contributed by atoms with Crippen LogP contribution in [0.1, 0.15) is 41.0 Å². The van der Waals surface area contributed by atoms with Crippen molar-refractivity contribution in [2.45, 2.75) is 65.5 Å². The molecule has 0 spiro atoms. The van der Waals surface area contributed by atoms with Crippen molar-refractivity contribution in [1.29, 1.82) is 0 Å². The topological polar surface area (TPSA) is 132 Å². The first kappa shape index (κ1) is 25.1. The largest absolute Gasteiger partial charge is 0.462 e. The third kappa shape index (κ3) is 10.3. The van der Waals surface area contributed by atoms with Gasteiger partial charge in [-0.1, -0.05) is 6.08 Å². The predicted octanol–water partition coefficient (Wildman–Crippen LogP) is 0.852. The van der Waals surface area contributed by atoms with Gasteiger partial charge in [0.25, 0.3) is 0 Å². The molecule has 158 valence electrons. The lowest BCUT2D eigenvalue weighted by Crippen LogP contribution is -2.52. The van der Waals surface area contributed by atoms with E-state index in [1.165, 1.54) is 6.08 Å². The van der Waals surface area contributed by atoms with Gasteiger partial charge in [0.15, 0.2) is 18.3 Å². The summed E-state index contributed by atoms with van der Waals surface area (Å²) in [4.78, 5) is 57.4. The zero-order valence-corrected chi connectivity index (χ0v) is 16.6. The van der Waals surface area contributed by atoms with E-state index in [-0.39, 0.29) is 6.42 Å². The van der Waals surface area contributed by atoms with Crippen LogP contribution < -0.4 is 0 Å². The van der Waals surface area contributed by atoms with Gasteiger partial charge in [-0.25, -0.2) is 0 Å². The predicted molar refractivity (Wildman–Crippen MR) is 93.7 cm³/mol. The Kier molecular flexibility index (Phi) is 11.2. The third-order valence-corrected chi connectivity index (χ3v) is 3.15. The van der Waals surface area contributed by atoms with Crippen LogP contribution in [0.25, 0.3) is 0 Å². The average Bonchev–Trinajstić information content (AvgIpc) is 2.53. The van der Waals surface area contributed by atoms with Crippen LogP contribution in [-0.4, -0.2) is 60.9 Å². The minimum absolute atomic E-state index is 0.0373. The molecule has 0 aromatic heterocycles.